The normalized spacial score (nSPS) is 14.6. The molecular weight excluding hydrogens is 302 g/mol. The average Bonchev–Trinajstić information content (AvgIpc) is 2.32. The van der Waals surface area contributed by atoms with Crippen LogP contribution in [0.4, 0.5) is 0 Å². The molecule has 0 aliphatic carbocycles. The quantitative estimate of drug-likeness (QED) is 0.753. The number of thioether (sulfide) groups is 1. The van der Waals surface area contributed by atoms with Crippen molar-refractivity contribution in [3.63, 3.8) is 0 Å². The van der Waals surface area contributed by atoms with Crippen LogP contribution in [0.5, 0.6) is 5.75 Å². The standard InChI is InChI=1S/C12H18BrNO2S/c1-8(12(7-15)17-2)14-6-9-5-10(13)3-4-11(9)16/h3-5,8,12,14-16H,6-7H2,1-2H3. The molecule has 0 aliphatic rings. The van der Waals surface area contributed by atoms with Gasteiger partial charge in [-0.25, -0.2) is 0 Å². The maximum Gasteiger partial charge on any atom is 0.120 e. The van der Waals surface area contributed by atoms with Crippen LogP contribution < -0.4 is 5.32 Å². The molecule has 0 saturated carbocycles. The Hall–Kier alpha value is -0.230. The largest absolute Gasteiger partial charge is 0.508 e. The van der Waals surface area contributed by atoms with Gasteiger partial charge in [-0.3, -0.25) is 0 Å². The molecule has 0 fully saturated rings. The molecule has 0 bridgehead atoms. The number of aromatic hydroxyl groups is 1. The van der Waals surface area contributed by atoms with Gasteiger partial charge >= 0.3 is 0 Å². The summed E-state index contributed by atoms with van der Waals surface area (Å²) < 4.78 is 0.948. The Balaban J connectivity index is 2.57. The number of benzene rings is 1. The number of aliphatic hydroxyl groups excluding tert-OH is 1. The molecule has 2 unspecified atom stereocenters. The summed E-state index contributed by atoms with van der Waals surface area (Å²) in [5.41, 5.74) is 0.851. The molecule has 0 heterocycles. The fraction of sp³-hybridized carbons (Fsp3) is 0.500. The number of halogens is 1. The molecule has 0 saturated heterocycles. The molecule has 0 radical (unpaired) electrons. The minimum atomic E-state index is 0.153. The molecule has 3 nitrogen and oxygen atoms in total. The molecule has 0 amide bonds. The molecule has 3 N–H and O–H groups in total. The number of phenolic OH excluding ortho intramolecular Hbond substituents is 1. The minimum absolute atomic E-state index is 0.153. The van der Waals surface area contributed by atoms with Crippen molar-refractivity contribution in [2.24, 2.45) is 0 Å². The third kappa shape index (κ3) is 4.50. The summed E-state index contributed by atoms with van der Waals surface area (Å²) in [6, 6.07) is 5.56. The maximum atomic E-state index is 9.69. The molecule has 0 spiro atoms. The molecule has 0 aliphatic heterocycles. The van der Waals surface area contributed by atoms with Gasteiger partial charge in [0.25, 0.3) is 0 Å². The van der Waals surface area contributed by atoms with E-state index in [1.807, 2.05) is 19.2 Å². The van der Waals surface area contributed by atoms with Gasteiger partial charge in [0.05, 0.1) is 6.61 Å². The van der Waals surface area contributed by atoms with Crippen molar-refractivity contribution in [3.05, 3.63) is 28.2 Å². The zero-order valence-corrected chi connectivity index (χ0v) is 12.4. The number of aliphatic hydroxyl groups is 1. The Bertz CT molecular complexity index is 358. The number of nitrogens with one attached hydrogen (secondary N) is 1. The topological polar surface area (TPSA) is 52.5 Å². The third-order valence-corrected chi connectivity index (χ3v) is 4.35. The van der Waals surface area contributed by atoms with Gasteiger partial charge in [0, 0.05) is 27.9 Å². The fourth-order valence-corrected chi connectivity index (χ4v) is 2.60. The fourth-order valence-electron chi connectivity index (χ4n) is 1.53. The second kappa shape index (κ2) is 7.26. The molecule has 0 aromatic heterocycles. The van der Waals surface area contributed by atoms with Crippen LogP contribution in [0.3, 0.4) is 0 Å². The van der Waals surface area contributed by atoms with Gasteiger partial charge in [0.15, 0.2) is 0 Å². The highest BCUT2D eigenvalue weighted by Crippen LogP contribution is 2.22. The van der Waals surface area contributed by atoms with Crippen molar-refractivity contribution in [2.45, 2.75) is 24.8 Å². The van der Waals surface area contributed by atoms with Gasteiger partial charge in [-0.1, -0.05) is 15.9 Å². The zero-order chi connectivity index (χ0) is 12.8. The van der Waals surface area contributed by atoms with E-state index in [1.54, 1.807) is 23.9 Å². The molecule has 1 aromatic rings. The first-order chi connectivity index (χ1) is 8.08. The highest BCUT2D eigenvalue weighted by Gasteiger charge is 2.14. The van der Waals surface area contributed by atoms with Crippen LogP contribution in [0.25, 0.3) is 0 Å². The first-order valence-electron chi connectivity index (χ1n) is 5.43. The van der Waals surface area contributed by atoms with E-state index in [1.165, 1.54) is 0 Å². The van der Waals surface area contributed by atoms with Crippen molar-refractivity contribution in [1.29, 1.82) is 0 Å². The molecule has 17 heavy (non-hydrogen) atoms. The number of phenols is 1. The van der Waals surface area contributed by atoms with Crippen molar-refractivity contribution >= 4 is 27.7 Å². The summed E-state index contributed by atoms with van der Waals surface area (Å²) in [7, 11) is 0. The van der Waals surface area contributed by atoms with Crippen LogP contribution in [0.15, 0.2) is 22.7 Å². The number of hydrogen-bond donors (Lipinski definition) is 3. The lowest BCUT2D eigenvalue weighted by molar-refractivity contribution is 0.275. The molecule has 1 rings (SSSR count). The van der Waals surface area contributed by atoms with Crippen LogP contribution in [0.2, 0.25) is 0 Å². The van der Waals surface area contributed by atoms with Crippen molar-refractivity contribution in [1.82, 2.24) is 5.32 Å². The van der Waals surface area contributed by atoms with E-state index in [-0.39, 0.29) is 23.6 Å². The highest BCUT2D eigenvalue weighted by molar-refractivity contribution is 9.10. The van der Waals surface area contributed by atoms with Gasteiger partial charge in [-0.05, 0) is 31.4 Å². The van der Waals surface area contributed by atoms with Crippen molar-refractivity contribution < 1.29 is 10.2 Å². The Morgan fingerprint density at radius 1 is 1.47 bits per heavy atom. The van der Waals surface area contributed by atoms with Gasteiger partial charge in [-0.15, -0.1) is 0 Å². The van der Waals surface area contributed by atoms with Crippen molar-refractivity contribution in [2.75, 3.05) is 12.9 Å². The molecule has 96 valence electrons. The van der Waals surface area contributed by atoms with Crippen molar-refractivity contribution in [3.8, 4) is 5.75 Å². The van der Waals surface area contributed by atoms with E-state index >= 15 is 0 Å². The summed E-state index contributed by atoms with van der Waals surface area (Å²) in [5.74, 6) is 0.289. The van der Waals surface area contributed by atoms with E-state index in [4.69, 9.17) is 0 Å². The lowest BCUT2D eigenvalue weighted by Gasteiger charge is -2.21. The predicted octanol–water partition coefficient (Wildman–Crippen LogP) is 2.36. The monoisotopic (exact) mass is 319 g/mol. The Labute approximate surface area is 115 Å². The van der Waals surface area contributed by atoms with Crippen LogP contribution in [0, 0.1) is 0 Å². The smallest absolute Gasteiger partial charge is 0.120 e. The van der Waals surface area contributed by atoms with Gasteiger partial charge < -0.3 is 15.5 Å². The Kier molecular flexibility index (Phi) is 6.33. The van der Waals surface area contributed by atoms with Gasteiger partial charge in [0.1, 0.15) is 5.75 Å². The lowest BCUT2D eigenvalue weighted by Crippen LogP contribution is -2.37. The molecule has 2 atom stereocenters. The lowest BCUT2D eigenvalue weighted by atomic mass is 10.1. The van der Waals surface area contributed by atoms with E-state index in [0.717, 1.165) is 10.0 Å². The Morgan fingerprint density at radius 3 is 2.76 bits per heavy atom. The van der Waals surface area contributed by atoms with Crippen LogP contribution in [-0.2, 0) is 6.54 Å². The highest BCUT2D eigenvalue weighted by atomic mass is 79.9. The SMILES string of the molecule is CSC(CO)C(C)NCc1cc(Br)ccc1O. The first-order valence-corrected chi connectivity index (χ1v) is 7.51. The van der Waals surface area contributed by atoms with Crippen LogP contribution >= 0.6 is 27.7 Å². The zero-order valence-electron chi connectivity index (χ0n) is 9.98. The summed E-state index contributed by atoms with van der Waals surface area (Å²) in [6.07, 6.45) is 1.98. The van der Waals surface area contributed by atoms with Gasteiger partial charge in [0.2, 0.25) is 0 Å². The summed E-state index contributed by atoms with van der Waals surface area (Å²) >= 11 is 5.01. The van der Waals surface area contributed by atoms with E-state index < -0.39 is 0 Å². The Morgan fingerprint density at radius 2 is 2.18 bits per heavy atom. The molecule has 1 aromatic carbocycles. The van der Waals surface area contributed by atoms with E-state index in [9.17, 15) is 10.2 Å². The number of rotatable bonds is 6. The van der Waals surface area contributed by atoms with Crippen LogP contribution in [0.1, 0.15) is 12.5 Å². The average molecular weight is 320 g/mol. The first kappa shape index (κ1) is 14.8. The summed E-state index contributed by atoms with van der Waals surface area (Å²) in [4.78, 5) is 0. The number of hydrogen-bond acceptors (Lipinski definition) is 4. The summed E-state index contributed by atoms with van der Waals surface area (Å²) in [6.45, 7) is 2.77. The molecular formula is C12H18BrNO2S. The van der Waals surface area contributed by atoms with E-state index in [0.29, 0.717) is 6.54 Å². The summed E-state index contributed by atoms with van der Waals surface area (Å²) in [5, 5.41) is 22.3. The van der Waals surface area contributed by atoms with Gasteiger partial charge in [-0.2, -0.15) is 11.8 Å². The second-order valence-electron chi connectivity index (χ2n) is 3.90. The van der Waals surface area contributed by atoms with E-state index in [2.05, 4.69) is 21.2 Å². The predicted molar refractivity (Wildman–Crippen MR) is 76.5 cm³/mol. The molecule has 5 heteroatoms. The second-order valence-corrected chi connectivity index (χ2v) is 5.89. The van der Waals surface area contributed by atoms with Crippen LogP contribution in [-0.4, -0.2) is 34.4 Å². The maximum absolute atomic E-state index is 9.69. The minimum Gasteiger partial charge on any atom is -0.508 e. The third-order valence-electron chi connectivity index (χ3n) is 2.70.